The second-order valence-corrected chi connectivity index (χ2v) is 5.87. The Balaban J connectivity index is 1.66. The fourth-order valence-corrected chi connectivity index (χ4v) is 2.69. The van der Waals surface area contributed by atoms with E-state index in [1.165, 1.54) is 0 Å². The standard InChI is InChI=1S/C19H19N5O/c1-3-7-14(8-4-1)17-22-18(20-15-9-5-2-6-10-15)24-19(23-17)21-16-11-12-25-13-16/h1-10,16H,11-13H2,(H2,20,21,22,23,24). The van der Waals surface area contributed by atoms with Crippen LogP contribution in [0.1, 0.15) is 6.42 Å². The summed E-state index contributed by atoms with van der Waals surface area (Å²) in [5.41, 5.74) is 1.88. The molecular weight excluding hydrogens is 314 g/mol. The number of anilines is 3. The maximum atomic E-state index is 5.42. The molecule has 0 spiro atoms. The molecule has 3 aromatic rings. The molecule has 126 valence electrons. The van der Waals surface area contributed by atoms with Gasteiger partial charge in [0, 0.05) is 17.9 Å². The predicted molar refractivity (Wildman–Crippen MR) is 97.8 cm³/mol. The van der Waals surface area contributed by atoms with Crippen molar-refractivity contribution in [3.8, 4) is 11.4 Å². The highest BCUT2D eigenvalue weighted by atomic mass is 16.5. The third kappa shape index (κ3) is 3.92. The highest BCUT2D eigenvalue weighted by Gasteiger charge is 2.17. The summed E-state index contributed by atoms with van der Waals surface area (Å²) in [7, 11) is 0. The van der Waals surface area contributed by atoms with Gasteiger partial charge in [0.25, 0.3) is 0 Å². The van der Waals surface area contributed by atoms with Crippen LogP contribution in [0, 0.1) is 0 Å². The van der Waals surface area contributed by atoms with Crippen LogP contribution in [0.15, 0.2) is 60.7 Å². The van der Waals surface area contributed by atoms with Crippen LogP contribution < -0.4 is 10.6 Å². The average molecular weight is 333 g/mol. The van der Waals surface area contributed by atoms with Crippen LogP contribution in [-0.2, 0) is 4.74 Å². The van der Waals surface area contributed by atoms with Gasteiger partial charge >= 0.3 is 0 Å². The number of nitrogens with zero attached hydrogens (tertiary/aromatic N) is 3. The summed E-state index contributed by atoms with van der Waals surface area (Å²) in [4.78, 5) is 13.7. The molecule has 6 heteroatoms. The molecule has 1 aliphatic heterocycles. The molecule has 0 aliphatic carbocycles. The van der Waals surface area contributed by atoms with Crippen LogP contribution in [0.4, 0.5) is 17.6 Å². The summed E-state index contributed by atoms with van der Waals surface area (Å²) in [6.45, 7) is 1.44. The van der Waals surface area contributed by atoms with Crippen LogP contribution in [0.5, 0.6) is 0 Å². The topological polar surface area (TPSA) is 72.0 Å². The van der Waals surface area contributed by atoms with Gasteiger partial charge in [-0.2, -0.15) is 15.0 Å². The number of hydrogen-bond donors (Lipinski definition) is 2. The zero-order valence-electron chi connectivity index (χ0n) is 13.7. The molecule has 0 saturated carbocycles. The zero-order chi connectivity index (χ0) is 16.9. The highest BCUT2D eigenvalue weighted by molar-refractivity contribution is 5.60. The number of aromatic nitrogens is 3. The Hall–Kier alpha value is -2.99. The van der Waals surface area contributed by atoms with Gasteiger partial charge in [-0.05, 0) is 18.6 Å². The largest absolute Gasteiger partial charge is 0.379 e. The molecule has 1 atom stereocenters. The van der Waals surface area contributed by atoms with Gasteiger partial charge in [0.1, 0.15) is 0 Å². The summed E-state index contributed by atoms with van der Waals surface area (Å²) >= 11 is 0. The smallest absolute Gasteiger partial charge is 0.232 e. The van der Waals surface area contributed by atoms with Gasteiger partial charge < -0.3 is 15.4 Å². The molecule has 0 amide bonds. The van der Waals surface area contributed by atoms with E-state index in [2.05, 4.69) is 25.6 Å². The van der Waals surface area contributed by atoms with Crippen LogP contribution in [0.3, 0.4) is 0 Å². The SMILES string of the molecule is c1ccc(Nc2nc(NC3CCOC3)nc(-c3ccccc3)n2)cc1. The molecule has 25 heavy (non-hydrogen) atoms. The molecule has 1 unspecified atom stereocenters. The van der Waals surface area contributed by atoms with Crippen molar-refractivity contribution in [2.24, 2.45) is 0 Å². The number of nitrogens with one attached hydrogen (secondary N) is 2. The van der Waals surface area contributed by atoms with Crippen molar-refractivity contribution in [2.75, 3.05) is 23.8 Å². The molecule has 2 aromatic carbocycles. The monoisotopic (exact) mass is 333 g/mol. The first kappa shape index (κ1) is 15.5. The molecular formula is C19H19N5O. The van der Waals surface area contributed by atoms with E-state index < -0.39 is 0 Å². The third-order valence-corrected chi connectivity index (χ3v) is 3.96. The van der Waals surface area contributed by atoms with Crippen molar-refractivity contribution in [3.05, 3.63) is 60.7 Å². The maximum absolute atomic E-state index is 5.42. The van der Waals surface area contributed by atoms with E-state index >= 15 is 0 Å². The summed E-state index contributed by atoms with van der Waals surface area (Å²) in [5, 5.41) is 6.60. The van der Waals surface area contributed by atoms with Crippen LogP contribution in [0.2, 0.25) is 0 Å². The van der Waals surface area contributed by atoms with Gasteiger partial charge in [-0.15, -0.1) is 0 Å². The fourth-order valence-electron chi connectivity index (χ4n) is 2.69. The normalized spacial score (nSPS) is 16.6. The molecule has 4 rings (SSSR count). The molecule has 1 aliphatic rings. The lowest BCUT2D eigenvalue weighted by atomic mass is 10.2. The second-order valence-electron chi connectivity index (χ2n) is 5.87. The minimum absolute atomic E-state index is 0.232. The van der Waals surface area contributed by atoms with Gasteiger partial charge in [0.15, 0.2) is 5.82 Å². The Morgan fingerprint density at radius 1 is 0.840 bits per heavy atom. The van der Waals surface area contributed by atoms with Crippen molar-refractivity contribution >= 4 is 17.6 Å². The fraction of sp³-hybridized carbons (Fsp3) is 0.211. The van der Waals surface area contributed by atoms with E-state index in [9.17, 15) is 0 Å². The van der Waals surface area contributed by atoms with E-state index in [1.807, 2.05) is 60.7 Å². The van der Waals surface area contributed by atoms with E-state index in [1.54, 1.807) is 0 Å². The van der Waals surface area contributed by atoms with E-state index in [0.29, 0.717) is 24.3 Å². The first-order valence-electron chi connectivity index (χ1n) is 8.35. The van der Waals surface area contributed by atoms with Gasteiger partial charge in [0.2, 0.25) is 11.9 Å². The Morgan fingerprint density at radius 2 is 1.56 bits per heavy atom. The molecule has 0 bridgehead atoms. The first-order chi connectivity index (χ1) is 12.4. The molecule has 2 heterocycles. The minimum atomic E-state index is 0.232. The highest BCUT2D eigenvalue weighted by Crippen LogP contribution is 2.21. The Labute approximate surface area is 146 Å². The number of ether oxygens (including phenoxy) is 1. The molecule has 2 N–H and O–H groups in total. The summed E-state index contributed by atoms with van der Waals surface area (Å²) in [5.74, 6) is 1.71. The van der Waals surface area contributed by atoms with Gasteiger partial charge in [0.05, 0.1) is 12.6 Å². The zero-order valence-corrected chi connectivity index (χ0v) is 13.7. The Morgan fingerprint density at radius 3 is 2.28 bits per heavy atom. The summed E-state index contributed by atoms with van der Waals surface area (Å²) in [6, 6.07) is 20.0. The van der Waals surface area contributed by atoms with E-state index in [4.69, 9.17) is 4.74 Å². The number of para-hydroxylation sites is 1. The van der Waals surface area contributed by atoms with Crippen molar-refractivity contribution < 1.29 is 4.74 Å². The van der Waals surface area contributed by atoms with Crippen molar-refractivity contribution in [1.29, 1.82) is 0 Å². The lowest BCUT2D eigenvalue weighted by Crippen LogP contribution is -2.21. The van der Waals surface area contributed by atoms with Crippen molar-refractivity contribution in [1.82, 2.24) is 15.0 Å². The van der Waals surface area contributed by atoms with Crippen LogP contribution in [0.25, 0.3) is 11.4 Å². The summed E-state index contributed by atoms with van der Waals surface area (Å²) < 4.78 is 5.42. The Kier molecular flexibility index (Phi) is 4.52. The summed E-state index contributed by atoms with van der Waals surface area (Å²) in [6.07, 6.45) is 0.952. The van der Waals surface area contributed by atoms with E-state index in [-0.39, 0.29) is 6.04 Å². The number of hydrogen-bond acceptors (Lipinski definition) is 6. The first-order valence-corrected chi connectivity index (χ1v) is 8.35. The van der Waals surface area contributed by atoms with E-state index in [0.717, 1.165) is 24.3 Å². The van der Waals surface area contributed by atoms with Crippen molar-refractivity contribution in [2.45, 2.75) is 12.5 Å². The quantitative estimate of drug-likeness (QED) is 0.745. The Bertz CT molecular complexity index is 820. The van der Waals surface area contributed by atoms with Crippen molar-refractivity contribution in [3.63, 3.8) is 0 Å². The lowest BCUT2D eigenvalue weighted by Gasteiger charge is -2.13. The molecule has 1 fully saturated rings. The average Bonchev–Trinajstić information content (AvgIpc) is 3.16. The number of rotatable bonds is 5. The molecule has 1 saturated heterocycles. The molecule has 6 nitrogen and oxygen atoms in total. The third-order valence-electron chi connectivity index (χ3n) is 3.96. The predicted octanol–water partition coefficient (Wildman–Crippen LogP) is 3.48. The van der Waals surface area contributed by atoms with Gasteiger partial charge in [-0.3, -0.25) is 0 Å². The molecule has 1 aromatic heterocycles. The second kappa shape index (κ2) is 7.27. The molecule has 0 radical (unpaired) electrons. The van der Waals surface area contributed by atoms with Gasteiger partial charge in [-0.25, -0.2) is 0 Å². The van der Waals surface area contributed by atoms with Gasteiger partial charge in [-0.1, -0.05) is 48.5 Å². The lowest BCUT2D eigenvalue weighted by molar-refractivity contribution is 0.195. The van der Waals surface area contributed by atoms with Crippen LogP contribution in [-0.4, -0.2) is 34.2 Å². The number of benzene rings is 2. The minimum Gasteiger partial charge on any atom is -0.379 e. The van der Waals surface area contributed by atoms with Crippen LogP contribution >= 0.6 is 0 Å². The maximum Gasteiger partial charge on any atom is 0.232 e.